The van der Waals surface area contributed by atoms with Crippen molar-refractivity contribution in [2.24, 2.45) is 0 Å². The zero-order valence-electron chi connectivity index (χ0n) is 14.5. The third-order valence-electron chi connectivity index (χ3n) is 4.64. The highest BCUT2D eigenvalue weighted by Gasteiger charge is 2.32. The number of carbonyl (C=O) groups is 1. The van der Waals surface area contributed by atoms with Crippen LogP contribution in [0.5, 0.6) is 5.75 Å². The van der Waals surface area contributed by atoms with Gasteiger partial charge in [0.2, 0.25) is 0 Å². The molecular formula is C19H21NO4S. The molecule has 2 aromatic carbocycles. The van der Waals surface area contributed by atoms with Crippen molar-refractivity contribution in [3.05, 3.63) is 59.7 Å². The van der Waals surface area contributed by atoms with Crippen molar-refractivity contribution in [3.8, 4) is 5.75 Å². The number of sulfone groups is 1. The SMILES string of the molecule is C[C@@H](c1ccc(S(C)(=O)=O)cc1)N(C)C(=O)[C@H]1Cc2ccccc2O1. The summed E-state index contributed by atoms with van der Waals surface area (Å²) in [5.74, 6) is 0.676. The first kappa shape index (κ1) is 17.5. The molecule has 0 saturated heterocycles. The number of amides is 1. The number of benzene rings is 2. The summed E-state index contributed by atoms with van der Waals surface area (Å²) >= 11 is 0. The van der Waals surface area contributed by atoms with E-state index < -0.39 is 15.9 Å². The fourth-order valence-corrected chi connectivity index (χ4v) is 3.59. The van der Waals surface area contributed by atoms with Crippen LogP contribution in [-0.2, 0) is 21.1 Å². The van der Waals surface area contributed by atoms with E-state index >= 15 is 0 Å². The predicted molar refractivity (Wildman–Crippen MR) is 95.3 cm³/mol. The standard InChI is InChI=1S/C19H21NO4S/c1-13(14-8-10-16(11-9-14)25(3,22)23)20(2)19(21)18-12-15-6-4-5-7-17(15)24-18/h4-11,13,18H,12H2,1-3H3/t13-,18+/m0/s1. The third-order valence-corrected chi connectivity index (χ3v) is 5.77. The summed E-state index contributed by atoms with van der Waals surface area (Å²) < 4.78 is 28.9. The second-order valence-electron chi connectivity index (χ2n) is 6.38. The average Bonchev–Trinajstić information content (AvgIpc) is 3.03. The van der Waals surface area contributed by atoms with Crippen molar-refractivity contribution in [3.63, 3.8) is 0 Å². The van der Waals surface area contributed by atoms with Gasteiger partial charge in [-0.05, 0) is 36.2 Å². The van der Waals surface area contributed by atoms with Gasteiger partial charge in [-0.3, -0.25) is 4.79 Å². The van der Waals surface area contributed by atoms with Gasteiger partial charge in [-0.1, -0.05) is 30.3 Å². The van der Waals surface area contributed by atoms with E-state index in [9.17, 15) is 13.2 Å². The number of hydrogen-bond donors (Lipinski definition) is 0. The molecular weight excluding hydrogens is 338 g/mol. The fraction of sp³-hybridized carbons (Fsp3) is 0.316. The first-order valence-corrected chi connectivity index (χ1v) is 9.98. The molecule has 132 valence electrons. The van der Waals surface area contributed by atoms with Crippen molar-refractivity contribution in [1.82, 2.24) is 4.90 Å². The maximum absolute atomic E-state index is 12.8. The zero-order chi connectivity index (χ0) is 18.2. The number of ether oxygens (including phenoxy) is 1. The van der Waals surface area contributed by atoms with Crippen molar-refractivity contribution in [1.29, 1.82) is 0 Å². The van der Waals surface area contributed by atoms with Crippen molar-refractivity contribution in [2.45, 2.75) is 30.4 Å². The molecule has 5 nitrogen and oxygen atoms in total. The van der Waals surface area contributed by atoms with Crippen LogP contribution in [0.4, 0.5) is 0 Å². The van der Waals surface area contributed by atoms with E-state index in [1.165, 1.54) is 6.26 Å². The molecule has 0 aromatic heterocycles. The van der Waals surface area contributed by atoms with Crippen molar-refractivity contribution < 1.29 is 17.9 Å². The van der Waals surface area contributed by atoms with E-state index in [1.807, 2.05) is 31.2 Å². The molecule has 0 unspecified atom stereocenters. The Hall–Kier alpha value is -2.34. The number of hydrogen-bond acceptors (Lipinski definition) is 4. The highest BCUT2D eigenvalue weighted by Crippen LogP contribution is 2.30. The van der Waals surface area contributed by atoms with Gasteiger partial charge in [0.05, 0.1) is 10.9 Å². The molecule has 2 aromatic rings. The molecule has 6 heteroatoms. The average molecular weight is 359 g/mol. The molecule has 0 radical (unpaired) electrons. The molecule has 1 aliphatic heterocycles. The molecule has 0 spiro atoms. The van der Waals surface area contributed by atoms with E-state index in [-0.39, 0.29) is 16.8 Å². The Bertz CT molecular complexity index is 865. The van der Waals surface area contributed by atoms with Gasteiger partial charge in [-0.2, -0.15) is 0 Å². The van der Waals surface area contributed by atoms with Crippen LogP contribution in [0.3, 0.4) is 0 Å². The minimum atomic E-state index is -3.23. The lowest BCUT2D eigenvalue weighted by Gasteiger charge is -2.27. The molecule has 1 amide bonds. The number of rotatable bonds is 4. The predicted octanol–water partition coefficient (Wildman–Crippen LogP) is 2.61. The second kappa shape index (κ2) is 6.52. The van der Waals surface area contributed by atoms with E-state index in [1.54, 1.807) is 36.2 Å². The molecule has 1 aliphatic rings. The van der Waals surface area contributed by atoms with E-state index in [4.69, 9.17) is 4.74 Å². The highest BCUT2D eigenvalue weighted by atomic mass is 32.2. The second-order valence-corrected chi connectivity index (χ2v) is 8.40. The molecule has 1 heterocycles. The van der Waals surface area contributed by atoms with Crippen LogP contribution in [0.1, 0.15) is 24.1 Å². The minimum absolute atomic E-state index is 0.0871. The monoisotopic (exact) mass is 359 g/mol. The highest BCUT2D eigenvalue weighted by molar-refractivity contribution is 7.90. The maximum atomic E-state index is 12.8. The van der Waals surface area contributed by atoms with Gasteiger partial charge < -0.3 is 9.64 Å². The summed E-state index contributed by atoms with van der Waals surface area (Å²) in [6.45, 7) is 1.91. The molecule has 0 aliphatic carbocycles. The molecule has 2 atom stereocenters. The van der Waals surface area contributed by atoms with Crippen LogP contribution in [-0.4, -0.2) is 38.6 Å². The van der Waals surface area contributed by atoms with Crippen LogP contribution < -0.4 is 4.74 Å². The molecule has 3 rings (SSSR count). The Labute approximate surface area is 148 Å². The number of nitrogens with zero attached hydrogens (tertiary/aromatic N) is 1. The number of fused-ring (bicyclic) bond motifs is 1. The number of para-hydroxylation sites is 1. The Morgan fingerprint density at radius 2 is 1.80 bits per heavy atom. The minimum Gasteiger partial charge on any atom is -0.480 e. The van der Waals surface area contributed by atoms with Gasteiger partial charge in [-0.25, -0.2) is 8.42 Å². The topological polar surface area (TPSA) is 63.7 Å². The first-order valence-electron chi connectivity index (χ1n) is 8.08. The third kappa shape index (κ3) is 3.54. The number of carbonyl (C=O) groups excluding carboxylic acids is 1. The Morgan fingerprint density at radius 1 is 1.16 bits per heavy atom. The Kier molecular flexibility index (Phi) is 4.56. The van der Waals surface area contributed by atoms with Crippen molar-refractivity contribution in [2.75, 3.05) is 13.3 Å². The van der Waals surface area contributed by atoms with Gasteiger partial charge in [0, 0.05) is 19.7 Å². The lowest BCUT2D eigenvalue weighted by Crippen LogP contribution is -2.40. The van der Waals surface area contributed by atoms with E-state index in [0.29, 0.717) is 6.42 Å². The van der Waals surface area contributed by atoms with Crippen LogP contribution in [0.25, 0.3) is 0 Å². The summed E-state index contributed by atoms with van der Waals surface area (Å²) in [5.41, 5.74) is 1.91. The Morgan fingerprint density at radius 3 is 2.40 bits per heavy atom. The van der Waals surface area contributed by atoms with Gasteiger partial charge in [0.1, 0.15) is 5.75 Å². The Balaban J connectivity index is 1.72. The molecule has 0 saturated carbocycles. The largest absolute Gasteiger partial charge is 0.480 e. The van der Waals surface area contributed by atoms with Gasteiger partial charge >= 0.3 is 0 Å². The molecule has 0 N–H and O–H groups in total. The molecule has 25 heavy (non-hydrogen) atoms. The maximum Gasteiger partial charge on any atom is 0.264 e. The van der Waals surface area contributed by atoms with Crippen LogP contribution in [0, 0.1) is 0 Å². The molecule has 0 fully saturated rings. The van der Waals surface area contributed by atoms with Crippen LogP contribution in [0.15, 0.2) is 53.4 Å². The van der Waals surface area contributed by atoms with Crippen LogP contribution >= 0.6 is 0 Å². The van der Waals surface area contributed by atoms with E-state index in [0.717, 1.165) is 16.9 Å². The normalized spacial score (nSPS) is 17.5. The lowest BCUT2D eigenvalue weighted by atomic mass is 10.1. The van der Waals surface area contributed by atoms with Crippen molar-refractivity contribution >= 4 is 15.7 Å². The number of likely N-dealkylation sites (N-methyl/N-ethyl adjacent to an activating group) is 1. The zero-order valence-corrected chi connectivity index (χ0v) is 15.3. The summed E-state index contributed by atoms with van der Waals surface area (Å²) in [7, 11) is -1.49. The van der Waals surface area contributed by atoms with Gasteiger partial charge in [-0.15, -0.1) is 0 Å². The summed E-state index contributed by atoms with van der Waals surface area (Å²) in [5, 5.41) is 0. The summed E-state index contributed by atoms with van der Waals surface area (Å²) in [6.07, 6.45) is 1.23. The lowest BCUT2D eigenvalue weighted by molar-refractivity contribution is -0.138. The van der Waals surface area contributed by atoms with Gasteiger partial charge in [0.15, 0.2) is 15.9 Å². The first-order chi connectivity index (χ1) is 11.8. The smallest absolute Gasteiger partial charge is 0.264 e. The van der Waals surface area contributed by atoms with Gasteiger partial charge in [0.25, 0.3) is 5.91 Å². The quantitative estimate of drug-likeness (QED) is 0.842. The summed E-state index contributed by atoms with van der Waals surface area (Å²) in [6, 6.07) is 14.1. The van der Waals surface area contributed by atoms with Crippen LogP contribution in [0.2, 0.25) is 0 Å². The summed E-state index contributed by atoms with van der Waals surface area (Å²) in [4.78, 5) is 14.7. The van der Waals surface area contributed by atoms with E-state index in [2.05, 4.69) is 0 Å². The molecule has 0 bridgehead atoms. The fourth-order valence-electron chi connectivity index (χ4n) is 2.95.